The fourth-order valence-electron chi connectivity index (χ4n) is 2.14. The van der Waals surface area contributed by atoms with Crippen LogP contribution < -0.4 is 5.56 Å². The number of rotatable bonds is 1. The van der Waals surface area contributed by atoms with Gasteiger partial charge in [-0.2, -0.15) is 0 Å². The second-order valence-electron chi connectivity index (χ2n) is 4.20. The number of hydrogen-bond acceptors (Lipinski definition) is 3. The molecule has 90 valence electrons. The SMILES string of the molecule is Cc1ncn2c(C)c(-c3cccnc3)[nH]c(=O)c12. The number of fused-ring (bicyclic) bond motifs is 1. The Hall–Kier alpha value is -2.43. The van der Waals surface area contributed by atoms with Crippen molar-refractivity contribution in [3.8, 4) is 11.3 Å². The molecule has 0 aliphatic carbocycles. The van der Waals surface area contributed by atoms with Gasteiger partial charge < -0.3 is 4.98 Å². The van der Waals surface area contributed by atoms with Crippen LogP contribution in [0.15, 0.2) is 35.6 Å². The third-order valence-corrected chi connectivity index (χ3v) is 3.08. The number of aromatic nitrogens is 4. The van der Waals surface area contributed by atoms with E-state index in [-0.39, 0.29) is 5.56 Å². The Balaban J connectivity index is 2.40. The smallest absolute Gasteiger partial charge is 0.274 e. The highest BCUT2D eigenvalue weighted by Crippen LogP contribution is 2.19. The van der Waals surface area contributed by atoms with Crippen LogP contribution in [0.3, 0.4) is 0 Å². The predicted octanol–water partition coefficient (Wildman–Crippen LogP) is 1.70. The zero-order valence-electron chi connectivity index (χ0n) is 10.1. The Morgan fingerprint density at radius 2 is 2.17 bits per heavy atom. The molecular weight excluding hydrogens is 228 g/mol. The van der Waals surface area contributed by atoms with E-state index in [0.29, 0.717) is 5.52 Å². The first-order valence-corrected chi connectivity index (χ1v) is 5.65. The minimum absolute atomic E-state index is 0.130. The van der Waals surface area contributed by atoms with Crippen LogP contribution in [-0.4, -0.2) is 19.4 Å². The number of aromatic amines is 1. The van der Waals surface area contributed by atoms with Crippen molar-refractivity contribution in [2.45, 2.75) is 13.8 Å². The zero-order valence-corrected chi connectivity index (χ0v) is 10.1. The summed E-state index contributed by atoms with van der Waals surface area (Å²) >= 11 is 0. The van der Waals surface area contributed by atoms with Gasteiger partial charge in [0.1, 0.15) is 5.52 Å². The molecule has 0 unspecified atom stereocenters. The first kappa shape index (κ1) is 10.7. The van der Waals surface area contributed by atoms with Gasteiger partial charge in [0, 0.05) is 23.7 Å². The van der Waals surface area contributed by atoms with E-state index >= 15 is 0 Å². The van der Waals surface area contributed by atoms with Gasteiger partial charge in [0.15, 0.2) is 0 Å². The lowest BCUT2D eigenvalue weighted by Gasteiger charge is -2.08. The highest BCUT2D eigenvalue weighted by atomic mass is 16.1. The normalized spacial score (nSPS) is 11.0. The molecule has 0 aliphatic rings. The van der Waals surface area contributed by atoms with Crippen LogP contribution in [0.2, 0.25) is 0 Å². The summed E-state index contributed by atoms with van der Waals surface area (Å²) in [5.41, 5.74) is 3.81. The van der Waals surface area contributed by atoms with Crippen molar-refractivity contribution in [2.24, 2.45) is 0 Å². The Morgan fingerprint density at radius 3 is 2.89 bits per heavy atom. The Bertz CT molecular complexity index is 771. The summed E-state index contributed by atoms with van der Waals surface area (Å²) < 4.78 is 1.82. The number of H-pyrrole nitrogens is 1. The van der Waals surface area contributed by atoms with Crippen LogP contribution in [0, 0.1) is 13.8 Å². The number of nitrogens with one attached hydrogen (secondary N) is 1. The van der Waals surface area contributed by atoms with E-state index in [0.717, 1.165) is 22.6 Å². The summed E-state index contributed by atoms with van der Waals surface area (Å²) in [7, 11) is 0. The molecule has 0 bridgehead atoms. The molecule has 5 heteroatoms. The van der Waals surface area contributed by atoms with E-state index in [4.69, 9.17) is 0 Å². The molecule has 18 heavy (non-hydrogen) atoms. The maximum Gasteiger partial charge on any atom is 0.274 e. The maximum absolute atomic E-state index is 12.1. The van der Waals surface area contributed by atoms with Gasteiger partial charge in [-0.3, -0.25) is 14.2 Å². The number of aryl methyl sites for hydroxylation is 2. The van der Waals surface area contributed by atoms with E-state index in [1.165, 1.54) is 0 Å². The lowest BCUT2D eigenvalue weighted by molar-refractivity contribution is 1.02. The summed E-state index contributed by atoms with van der Waals surface area (Å²) in [6, 6.07) is 3.76. The van der Waals surface area contributed by atoms with E-state index in [9.17, 15) is 4.79 Å². The van der Waals surface area contributed by atoms with Crippen LogP contribution in [-0.2, 0) is 0 Å². The van der Waals surface area contributed by atoms with Gasteiger partial charge >= 0.3 is 0 Å². The van der Waals surface area contributed by atoms with Gasteiger partial charge in [0.2, 0.25) is 0 Å². The minimum atomic E-state index is -0.130. The molecule has 0 saturated carbocycles. The lowest BCUT2D eigenvalue weighted by Crippen LogP contribution is -2.13. The van der Waals surface area contributed by atoms with Gasteiger partial charge in [0.05, 0.1) is 17.7 Å². The Morgan fingerprint density at radius 1 is 1.33 bits per heavy atom. The second kappa shape index (κ2) is 3.80. The van der Waals surface area contributed by atoms with Crippen molar-refractivity contribution in [1.29, 1.82) is 0 Å². The minimum Gasteiger partial charge on any atom is -0.319 e. The molecule has 0 aromatic carbocycles. The molecule has 3 heterocycles. The Kier molecular flexibility index (Phi) is 2.26. The van der Waals surface area contributed by atoms with Gasteiger partial charge in [-0.1, -0.05) is 0 Å². The third kappa shape index (κ3) is 1.44. The van der Waals surface area contributed by atoms with Gasteiger partial charge in [-0.05, 0) is 26.0 Å². The van der Waals surface area contributed by atoms with E-state index in [1.54, 1.807) is 18.7 Å². The quantitative estimate of drug-likeness (QED) is 0.704. The molecule has 0 atom stereocenters. The number of pyridine rings is 1. The van der Waals surface area contributed by atoms with Gasteiger partial charge in [-0.15, -0.1) is 0 Å². The van der Waals surface area contributed by atoms with Crippen molar-refractivity contribution in [2.75, 3.05) is 0 Å². The monoisotopic (exact) mass is 240 g/mol. The van der Waals surface area contributed by atoms with Crippen LogP contribution >= 0.6 is 0 Å². The van der Waals surface area contributed by atoms with Crippen LogP contribution in [0.1, 0.15) is 11.4 Å². The van der Waals surface area contributed by atoms with Crippen molar-refractivity contribution in [3.63, 3.8) is 0 Å². The summed E-state index contributed by atoms with van der Waals surface area (Å²) in [5.74, 6) is 0. The molecule has 0 aliphatic heterocycles. The zero-order chi connectivity index (χ0) is 12.7. The molecular formula is C13H12N4O. The van der Waals surface area contributed by atoms with E-state index in [2.05, 4.69) is 15.0 Å². The molecule has 3 rings (SSSR count). The highest BCUT2D eigenvalue weighted by Gasteiger charge is 2.12. The molecule has 0 spiro atoms. The molecule has 0 saturated heterocycles. The van der Waals surface area contributed by atoms with Crippen LogP contribution in [0.5, 0.6) is 0 Å². The number of hydrogen-bond donors (Lipinski definition) is 1. The second-order valence-corrected chi connectivity index (χ2v) is 4.20. The average Bonchev–Trinajstić information content (AvgIpc) is 2.78. The largest absolute Gasteiger partial charge is 0.319 e. The van der Waals surface area contributed by atoms with Crippen LogP contribution in [0.4, 0.5) is 0 Å². The topological polar surface area (TPSA) is 63.1 Å². The van der Waals surface area contributed by atoms with Crippen molar-refractivity contribution in [3.05, 3.63) is 52.6 Å². The van der Waals surface area contributed by atoms with Crippen LogP contribution in [0.25, 0.3) is 16.8 Å². The summed E-state index contributed by atoms with van der Waals surface area (Å²) in [6.07, 6.45) is 5.11. The maximum atomic E-state index is 12.1. The van der Waals surface area contributed by atoms with Crippen molar-refractivity contribution in [1.82, 2.24) is 19.4 Å². The number of imidazole rings is 1. The summed E-state index contributed by atoms with van der Waals surface area (Å²) in [4.78, 5) is 23.2. The number of nitrogens with zero attached hydrogens (tertiary/aromatic N) is 3. The average molecular weight is 240 g/mol. The van der Waals surface area contributed by atoms with Crippen molar-refractivity contribution < 1.29 is 0 Å². The lowest BCUT2D eigenvalue weighted by atomic mass is 10.1. The fraction of sp³-hybridized carbons (Fsp3) is 0.154. The van der Waals surface area contributed by atoms with Gasteiger partial charge in [0.25, 0.3) is 5.56 Å². The van der Waals surface area contributed by atoms with Crippen molar-refractivity contribution >= 4 is 5.52 Å². The summed E-state index contributed by atoms with van der Waals surface area (Å²) in [6.45, 7) is 3.78. The highest BCUT2D eigenvalue weighted by molar-refractivity contribution is 5.64. The standard InChI is InChI=1S/C13H12N4O/c1-8-12-13(18)16-11(9(2)17(12)7-15-8)10-4-3-5-14-6-10/h3-7H,1-2H3,(H,16,18). The molecule has 3 aromatic rings. The molecule has 0 amide bonds. The molecule has 0 radical (unpaired) electrons. The first-order chi connectivity index (χ1) is 8.68. The molecule has 1 N–H and O–H groups in total. The molecule has 0 fully saturated rings. The fourth-order valence-corrected chi connectivity index (χ4v) is 2.14. The Labute approximate surface area is 103 Å². The summed E-state index contributed by atoms with van der Waals surface area (Å²) in [5, 5.41) is 0. The van der Waals surface area contributed by atoms with E-state index in [1.807, 2.05) is 30.4 Å². The first-order valence-electron chi connectivity index (χ1n) is 5.65. The van der Waals surface area contributed by atoms with E-state index < -0.39 is 0 Å². The van der Waals surface area contributed by atoms with Gasteiger partial charge in [-0.25, -0.2) is 4.98 Å². The molecule has 5 nitrogen and oxygen atoms in total. The third-order valence-electron chi connectivity index (χ3n) is 3.08. The predicted molar refractivity (Wildman–Crippen MR) is 68.5 cm³/mol. The molecule has 3 aromatic heterocycles.